The average Bonchev–Trinajstić information content (AvgIpc) is 3.04. The quantitative estimate of drug-likeness (QED) is 0.528. The first-order valence-corrected chi connectivity index (χ1v) is 8.00. The lowest BCUT2D eigenvalue weighted by Gasteiger charge is -2.01. The summed E-state index contributed by atoms with van der Waals surface area (Å²) in [4.78, 5) is 0. The van der Waals surface area contributed by atoms with Crippen molar-refractivity contribution in [1.82, 2.24) is 0 Å². The van der Waals surface area contributed by atoms with Gasteiger partial charge in [-0.1, -0.05) is 58.4 Å². The number of benzene rings is 2. The van der Waals surface area contributed by atoms with Gasteiger partial charge in [-0.05, 0) is 42.3 Å². The van der Waals surface area contributed by atoms with Gasteiger partial charge in [0.05, 0.1) is 11.6 Å². The summed E-state index contributed by atoms with van der Waals surface area (Å²) in [6.45, 7) is 2.04. The van der Waals surface area contributed by atoms with Gasteiger partial charge in [0.15, 0.2) is 0 Å². The molecule has 0 fully saturated rings. The zero-order chi connectivity index (χ0) is 16.2. The van der Waals surface area contributed by atoms with Crippen LogP contribution in [0.1, 0.15) is 16.9 Å². The van der Waals surface area contributed by atoms with Gasteiger partial charge in [0.2, 0.25) is 0 Å². The number of nitrogens with zero attached hydrogens (tertiary/aromatic N) is 1. The predicted molar refractivity (Wildman–Crippen MR) is 96.5 cm³/mol. The van der Waals surface area contributed by atoms with Crippen LogP contribution in [0.4, 0.5) is 0 Å². The number of halogens is 1. The molecule has 0 saturated carbocycles. The van der Waals surface area contributed by atoms with Crippen LogP contribution in [0.3, 0.4) is 0 Å². The van der Waals surface area contributed by atoms with Gasteiger partial charge in [0.1, 0.15) is 11.5 Å². The Kier molecular flexibility index (Phi) is 4.45. The van der Waals surface area contributed by atoms with Gasteiger partial charge >= 0.3 is 0 Å². The molecular weight excluding hydrogens is 350 g/mol. The van der Waals surface area contributed by atoms with E-state index in [0.717, 1.165) is 21.4 Å². The maximum Gasteiger partial charge on any atom is 0.134 e. The van der Waals surface area contributed by atoms with Crippen LogP contribution >= 0.6 is 15.9 Å². The molecule has 0 N–H and O–H groups in total. The summed E-state index contributed by atoms with van der Waals surface area (Å²) >= 11 is 3.54. The molecule has 0 spiro atoms. The maximum atomic E-state index is 9.37. The first-order chi connectivity index (χ1) is 11.2. The molecule has 2 nitrogen and oxygen atoms in total. The maximum absolute atomic E-state index is 9.37. The van der Waals surface area contributed by atoms with Gasteiger partial charge in [-0.15, -0.1) is 0 Å². The molecule has 23 heavy (non-hydrogen) atoms. The second-order valence-corrected chi connectivity index (χ2v) is 6.06. The molecule has 1 heterocycles. The van der Waals surface area contributed by atoms with Crippen LogP contribution < -0.4 is 0 Å². The van der Waals surface area contributed by atoms with E-state index in [9.17, 15) is 5.26 Å². The molecule has 0 unspecified atom stereocenters. The predicted octanol–water partition coefficient (Wildman–Crippen LogP) is 6.08. The molecule has 0 aliphatic carbocycles. The second kappa shape index (κ2) is 6.68. The SMILES string of the molecule is Cc1ccc(-c2ccc(/C=C(/C#N)c3ccccc3)o2)cc1Br. The highest BCUT2D eigenvalue weighted by molar-refractivity contribution is 9.10. The van der Waals surface area contributed by atoms with Gasteiger partial charge in [0, 0.05) is 10.0 Å². The fourth-order valence-corrected chi connectivity index (χ4v) is 2.65. The molecular formula is C20H14BrNO. The Morgan fingerprint density at radius 1 is 1.09 bits per heavy atom. The summed E-state index contributed by atoms with van der Waals surface area (Å²) in [6.07, 6.45) is 1.77. The minimum Gasteiger partial charge on any atom is -0.457 e. The number of rotatable bonds is 3. The van der Waals surface area contributed by atoms with Crippen molar-refractivity contribution in [3.63, 3.8) is 0 Å². The van der Waals surface area contributed by atoms with E-state index in [1.165, 1.54) is 5.56 Å². The van der Waals surface area contributed by atoms with Crippen LogP contribution in [0, 0.1) is 18.3 Å². The van der Waals surface area contributed by atoms with E-state index in [0.29, 0.717) is 11.3 Å². The Bertz CT molecular complexity index is 901. The van der Waals surface area contributed by atoms with E-state index >= 15 is 0 Å². The van der Waals surface area contributed by atoms with E-state index in [-0.39, 0.29) is 0 Å². The zero-order valence-corrected chi connectivity index (χ0v) is 14.2. The third-order valence-electron chi connectivity index (χ3n) is 3.57. The first kappa shape index (κ1) is 15.3. The normalized spacial score (nSPS) is 11.3. The van der Waals surface area contributed by atoms with Crippen molar-refractivity contribution in [3.05, 3.63) is 82.0 Å². The van der Waals surface area contributed by atoms with Crippen LogP contribution in [0.2, 0.25) is 0 Å². The van der Waals surface area contributed by atoms with Gasteiger partial charge in [-0.25, -0.2) is 0 Å². The summed E-state index contributed by atoms with van der Waals surface area (Å²) in [5.74, 6) is 1.44. The third-order valence-corrected chi connectivity index (χ3v) is 4.43. The van der Waals surface area contributed by atoms with Crippen LogP contribution in [0.25, 0.3) is 23.0 Å². The Labute approximate surface area is 143 Å². The molecule has 1 aromatic heterocycles. The lowest BCUT2D eigenvalue weighted by atomic mass is 10.1. The fraction of sp³-hybridized carbons (Fsp3) is 0.0500. The summed E-state index contributed by atoms with van der Waals surface area (Å²) in [5.41, 5.74) is 3.64. The minimum atomic E-state index is 0.580. The Hall–Kier alpha value is -2.57. The highest BCUT2D eigenvalue weighted by atomic mass is 79.9. The molecule has 0 bridgehead atoms. The van der Waals surface area contributed by atoms with E-state index in [4.69, 9.17) is 4.42 Å². The van der Waals surface area contributed by atoms with Crippen LogP contribution in [-0.2, 0) is 0 Å². The van der Waals surface area contributed by atoms with E-state index in [2.05, 4.69) is 22.0 Å². The molecule has 2 aromatic carbocycles. The molecule has 0 radical (unpaired) electrons. The standard InChI is InChI=1S/C20H14BrNO/c1-14-7-8-16(12-19(14)21)20-10-9-18(23-20)11-17(13-22)15-5-3-2-4-6-15/h2-12H,1H3/b17-11-. The minimum absolute atomic E-state index is 0.580. The van der Waals surface area contributed by atoms with Crippen LogP contribution in [0.5, 0.6) is 0 Å². The molecule has 3 rings (SSSR count). The number of nitriles is 1. The van der Waals surface area contributed by atoms with Crippen molar-refractivity contribution in [3.8, 4) is 17.4 Å². The summed E-state index contributed by atoms with van der Waals surface area (Å²) < 4.78 is 6.92. The topological polar surface area (TPSA) is 36.9 Å². The lowest BCUT2D eigenvalue weighted by Crippen LogP contribution is -1.80. The summed E-state index contributed by atoms with van der Waals surface area (Å²) in [5, 5.41) is 9.37. The molecule has 112 valence electrons. The molecule has 3 aromatic rings. The molecule has 0 atom stereocenters. The molecule has 0 saturated heterocycles. The zero-order valence-electron chi connectivity index (χ0n) is 12.6. The number of furan rings is 1. The van der Waals surface area contributed by atoms with Crippen molar-refractivity contribution in [2.75, 3.05) is 0 Å². The second-order valence-electron chi connectivity index (χ2n) is 5.20. The summed E-state index contributed by atoms with van der Waals surface area (Å²) in [6, 6.07) is 21.7. The number of allylic oxidation sites excluding steroid dienone is 1. The van der Waals surface area contributed by atoms with Gasteiger partial charge < -0.3 is 4.42 Å². The highest BCUT2D eigenvalue weighted by Gasteiger charge is 2.07. The molecule has 3 heteroatoms. The lowest BCUT2D eigenvalue weighted by molar-refractivity contribution is 0.572. The smallest absolute Gasteiger partial charge is 0.134 e. The largest absolute Gasteiger partial charge is 0.457 e. The first-order valence-electron chi connectivity index (χ1n) is 7.21. The van der Waals surface area contributed by atoms with E-state index < -0.39 is 0 Å². The Morgan fingerprint density at radius 3 is 2.57 bits per heavy atom. The van der Waals surface area contributed by atoms with Gasteiger partial charge in [-0.2, -0.15) is 5.26 Å². The Balaban J connectivity index is 1.94. The monoisotopic (exact) mass is 363 g/mol. The fourth-order valence-electron chi connectivity index (χ4n) is 2.27. The van der Waals surface area contributed by atoms with E-state index in [1.54, 1.807) is 6.08 Å². The van der Waals surface area contributed by atoms with Gasteiger partial charge in [-0.3, -0.25) is 0 Å². The van der Waals surface area contributed by atoms with Crippen molar-refractivity contribution < 1.29 is 4.42 Å². The van der Waals surface area contributed by atoms with Crippen LogP contribution in [-0.4, -0.2) is 0 Å². The van der Waals surface area contributed by atoms with E-state index in [1.807, 2.05) is 67.6 Å². The molecule has 0 aliphatic heterocycles. The van der Waals surface area contributed by atoms with Crippen molar-refractivity contribution in [1.29, 1.82) is 5.26 Å². The van der Waals surface area contributed by atoms with Crippen molar-refractivity contribution >= 4 is 27.6 Å². The molecule has 0 amide bonds. The highest BCUT2D eigenvalue weighted by Crippen LogP contribution is 2.28. The van der Waals surface area contributed by atoms with Crippen LogP contribution in [0.15, 0.2) is 69.6 Å². The van der Waals surface area contributed by atoms with Crippen molar-refractivity contribution in [2.45, 2.75) is 6.92 Å². The number of hydrogen-bond acceptors (Lipinski definition) is 2. The number of hydrogen-bond donors (Lipinski definition) is 0. The third kappa shape index (κ3) is 3.44. The molecule has 0 aliphatic rings. The average molecular weight is 364 g/mol. The van der Waals surface area contributed by atoms with Gasteiger partial charge in [0.25, 0.3) is 0 Å². The van der Waals surface area contributed by atoms with Crippen molar-refractivity contribution in [2.24, 2.45) is 0 Å². The summed E-state index contributed by atoms with van der Waals surface area (Å²) in [7, 11) is 0. The number of aryl methyl sites for hydroxylation is 1. The Morgan fingerprint density at radius 2 is 1.87 bits per heavy atom.